The third kappa shape index (κ3) is 3.62. The van der Waals surface area contributed by atoms with Crippen LogP contribution in [0.5, 0.6) is 5.75 Å². The fourth-order valence-electron chi connectivity index (χ4n) is 3.80. The lowest BCUT2D eigenvalue weighted by atomic mass is 10.0. The Morgan fingerprint density at radius 2 is 2.00 bits per heavy atom. The van der Waals surface area contributed by atoms with Crippen LogP contribution < -0.4 is 9.64 Å². The fraction of sp³-hybridized carbons (Fsp3) is 0.429. The highest BCUT2D eigenvalue weighted by Gasteiger charge is 2.24. The second kappa shape index (κ2) is 7.56. The van der Waals surface area contributed by atoms with Gasteiger partial charge in [-0.15, -0.1) is 0 Å². The van der Waals surface area contributed by atoms with E-state index in [9.17, 15) is 4.79 Å². The normalized spacial score (nSPS) is 17.9. The fourth-order valence-corrected chi connectivity index (χ4v) is 3.80. The average Bonchev–Trinajstić information content (AvgIpc) is 3.21. The Labute approximate surface area is 159 Å². The molecule has 2 aliphatic rings. The minimum absolute atomic E-state index is 0.356. The molecule has 2 aliphatic heterocycles. The van der Waals surface area contributed by atoms with Gasteiger partial charge in [-0.2, -0.15) is 0 Å². The first-order valence-corrected chi connectivity index (χ1v) is 9.44. The lowest BCUT2D eigenvalue weighted by molar-refractivity contribution is 0.0600. The van der Waals surface area contributed by atoms with Crippen LogP contribution in [-0.4, -0.2) is 55.7 Å². The first-order chi connectivity index (χ1) is 13.2. The summed E-state index contributed by atoms with van der Waals surface area (Å²) in [5, 5.41) is 0. The van der Waals surface area contributed by atoms with Gasteiger partial charge in [0.15, 0.2) is 0 Å². The number of fused-ring (bicyclic) bond motifs is 1. The molecule has 0 N–H and O–H groups in total. The van der Waals surface area contributed by atoms with Gasteiger partial charge in [0.05, 0.1) is 19.3 Å². The number of piperazine rings is 1. The molecular formula is C21H25N3O3. The highest BCUT2D eigenvalue weighted by atomic mass is 16.5. The molecule has 2 aromatic rings. The zero-order valence-electron chi connectivity index (χ0n) is 15.9. The van der Waals surface area contributed by atoms with E-state index in [0.717, 1.165) is 50.8 Å². The number of hydrogen-bond acceptors (Lipinski definition) is 6. The molecular weight excluding hydrogens is 342 g/mol. The lowest BCUT2D eigenvalue weighted by Crippen LogP contribution is -2.47. The summed E-state index contributed by atoms with van der Waals surface area (Å²) in [5.74, 6) is 1.60. The third-order valence-corrected chi connectivity index (χ3v) is 5.56. The standard InChI is InChI=1S/C21H25N3O3/c1-15(17-4-3-16-7-12-27-19(16)13-17)23-8-10-24(11-9-23)20-6-5-18(14-22-20)21(25)26-2/h3-6,13-15H,7-12H2,1-2H3. The topological polar surface area (TPSA) is 54.9 Å². The summed E-state index contributed by atoms with van der Waals surface area (Å²) in [7, 11) is 1.38. The van der Waals surface area contributed by atoms with E-state index in [4.69, 9.17) is 9.47 Å². The quantitative estimate of drug-likeness (QED) is 0.775. The molecule has 0 aliphatic carbocycles. The molecule has 1 aromatic heterocycles. The van der Waals surface area contributed by atoms with E-state index < -0.39 is 0 Å². The van der Waals surface area contributed by atoms with Crippen LogP contribution >= 0.6 is 0 Å². The molecule has 0 bridgehead atoms. The summed E-state index contributed by atoms with van der Waals surface area (Å²) in [5.41, 5.74) is 3.11. The van der Waals surface area contributed by atoms with E-state index >= 15 is 0 Å². The summed E-state index contributed by atoms with van der Waals surface area (Å²) in [6.45, 7) is 6.83. The van der Waals surface area contributed by atoms with Gasteiger partial charge < -0.3 is 14.4 Å². The molecule has 1 aromatic carbocycles. The van der Waals surface area contributed by atoms with Gasteiger partial charge in [-0.05, 0) is 36.2 Å². The molecule has 6 nitrogen and oxygen atoms in total. The molecule has 4 rings (SSSR count). The Balaban J connectivity index is 1.37. The van der Waals surface area contributed by atoms with Crippen LogP contribution in [-0.2, 0) is 11.2 Å². The Bertz CT molecular complexity index is 814. The molecule has 1 fully saturated rings. The SMILES string of the molecule is COC(=O)c1ccc(N2CCN(C(C)c3ccc4c(c3)OCC4)CC2)nc1. The number of aromatic nitrogens is 1. The predicted molar refractivity (Wildman–Crippen MR) is 103 cm³/mol. The van der Waals surface area contributed by atoms with Gasteiger partial charge in [-0.3, -0.25) is 4.90 Å². The largest absolute Gasteiger partial charge is 0.493 e. The molecule has 0 spiro atoms. The van der Waals surface area contributed by atoms with Crippen LogP contribution in [0.4, 0.5) is 5.82 Å². The summed E-state index contributed by atoms with van der Waals surface area (Å²) >= 11 is 0. The van der Waals surface area contributed by atoms with Gasteiger partial charge in [-0.25, -0.2) is 9.78 Å². The molecule has 142 valence electrons. The summed E-state index contributed by atoms with van der Waals surface area (Å²) < 4.78 is 10.4. The Morgan fingerprint density at radius 1 is 1.19 bits per heavy atom. The number of anilines is 1. The van der Waals surface area contributed by atoms with Gasteiger partial charge in [0.1, 0.15) is 11.6 Å². The van der Waals surface area contributed by atoms with Crippen molar-refractivity contribution in [3.05, 3.63) is 53.2 Å². The zero-order chi connectivity index (χ0) is 18.8. The predicted octanol–water partition coefficient (Wildman–Crippen LogP) is 2.69. The number of nitrogens with zero attached hydrogens (tertiary/aromatic N) is 3. The molecule has 0 radical (unpaired) electrons. The Morgan fingerprint density at radius 3 is 2.70 bits per heavy atom. The maximum atomic E-state index is 11.5. The number of pyridine rings is 1. The summed E-state index contributed by atoms with van der Waals surface area (Å²) in [6.07, 6.45) is 2.60. The van der Waals surface area contributed by atoms with Crippen molar-refractivity contribution in [1.29, 1.82) is 0 Å². The van der Waals surface area contributed by atoms with Crippen molar-refractivity contribution in [3.63, 3.8) is 0 Å². The van der Waals surface area contributed by atoms with Crippen LogP contribution in [0.15, 0.2) is 36.5 Å². The first-order valence-electron chi connectivity index (χ1n) is 9.44. The number of carbonyl (C=O) groups excluding carboxylic acids is 1. The van der Waals surface area contributed by atoms with Gasteiger partial charge >= 0.3 is 5.97 Å². The maximum absolute atomic E-state index is 11.5. The number of ether oxygens (including phenoxy) is 2. The number of carbonyl (C=O) groups is 1. The minimum Gasteiger partial charge on any atom is -0.493 e. The maximum Gasteiger partial charge on any atom is 0.339 e. The molecule has 1 unspecified atom stereocenters. The van der Waals surface area contributed by atoms with Crippen molar-refractivity contribution in [1.82, 2.24) is 9.88 Å². The van der Waals surface area contributed by atoms with E-state index in [1.54, 1.807) is 12.3 Å². The second-order valence-electron chi connectivity index (χ2n) is 7.06. The molecule has 6 heteroatoms. The lowest BCUT2D eigenvalue weighted by Gasteiger charge is -2.38. The van der Waals surface area contributed by atoms with Crippen LogP contribution in [0, 0.1) is 0 Å². The Kier molecular flexibility index (Phi) is 4.99. The third-order valence-electron chi connectivity index (χ3n) is 5.56. The average molecular weight is 367 g/mol. The smallest absolute Gasteiger partial charge is 0.339 e. The van der Waals surface area contributed by atoms with Gasteiger partial charge in [0.2, 0.25) is 0 Å². The molecule has 27 heavy (non-hydrogen) atoms. The first kappa shape index (κ1) is 17.8. The van der Waals surface area contributed by atoms with Crippen LogP contribution in [0.25, 0.3) is 0 Å². The highest BCUT2D eigenvalue weighted by molar-refractivity contribution is 5.89. The van der Waals surface area contributed by atoms with Crippen LogP contribution in [0.1, 0.15) is 34.5 Å². The number of hydrogen-bond donors (Lipinski definition) is 0. The van der Waals surface area contributed by atoms with Crippen LogP contribution in [0.2, 0.25) is 0 Å². The molecule has 3 heterocycles. The van der Waals surface area contributed by atoms with Crippen molar-refractivity contribution in [2.24, 2.45) is 0 Å². The van der Waals surface area contributed by atoms with E-state index in [-0.39, 0.29) is 5.97 Å². The van der Waals surface area contributed by atoms with Crippen molar-refractivity contribution in [2.75, 3.05) is 44.8 Å². The van der Waals surface area contributed by atoms with E-state index in [0.29, 0.717) is 11.6 Å². The molecule has 1 atom stereocenters. The number of methoxy groups -OCH3 is 1. The van der Waals surface area contributed by atoms with E-state index in [1.165, 1.54) is 18.2 Å². The molecule has 0 saturated carbocycles. The van der Waals surface area contributed by atoms with Gasteiger partial charge in [0, 0.05) is 44.8 Å². The number of esters is 1. The highest BCUT2D eigenvalue weighted by Crippen LogP contribution is 2.31. The Hall–Kier alpha value is -2.60. The van der Waals surface area contributed by atoms with Crippen molar-refractivity contribution < 1.29 is 14.3 Å². The van der Waals surface area contributed by atoms with Gasteiger partial charge in [-0.1, -0.05) is 12.1 Å². The monoisotopic (exact) mass is 367 g/mol. The molecule has 1 saturated heterocycles. The zero-order valence-corrected chi connectivity index (χ0v) is 15.9. The molecule has 0 amide bonds. The van der Waals surface area contributed by atoms with Crippen LogP contribution in [0.3, 0.4) is 0 Å². The summed E-state index contributed by atoms with van der Waals surface area (Å²) in [6, 6.07) is 10.7. The van der Waals surface area contributed by atoms with Crippen molar-refractivity contribution >= 4 is 11.8 Å². The van der Waals surface area contributed by atoms with Crippen molar-refractivity contribution in [3.8, 4) is 5.75 Å². The van der Waals surface area contributed by atoms with Crippen molar-refractivity contribution in [2.45, 2.75) is 19.4 Å². The van der Waals surface area contributed by atoms with E-state index in [1.807, 2.05) is 6.07 Å². The minimum atomic E-state index is -0.356. The van der Waals surface area contributed by atoms with E-state index in [2.05, 4.69) is 39.9 Å². The number of rotatable bonds is 4. The second-order valence-corrected chi connectivity index (χ2v) is 7.06. The van der Waals surface area contributed by atoms with Gasteiger partial charge in [0.25, 0.3) is 0 Å². The number of benzene rings is 1. The summed E-state index contributed by atoms with van der Waals surface area (Å²) in [4.78, 5) is 20.7.